The molecule has 0 spiro atoms. The molecule has 1 heterocycles. The van der Waals surface area contributed by atoms with E-state index in [0.717, 1.165) is 17.8 Å². The van der Waals surface area contributed by atoms with Crippen LogP contribution in [0.2, 0.25) is 0 Å². The second-order valence-electron chi connectivity index (χ2n) is 6.63. The third-order valence-corrected chi connectivity index (χ3v) is 4.64. The lowest BCUT2D eigenvalue weighted by molar-refractivity contribution is 0.704. The molecule has 0 saturated carbocycles. The maximum atomic E-state index is 6.01. The van der Waals surface area contributed by atoms with Gasteiger partial charge in [-0.15, -0.1) is 0 Å². The molecule has 1 aromatic carbocycles. The number of aryl methyl sites for hydroxylation is 1. The van der Waals surface area contributed by atoms with Gasteiger partial charge in [0.15, 0.2) is 0 Å². The van der Waals surface area contributed by atoms with Crippen molar-refractivity contribution in [1.29, 1.82) is 0 Å². The van der Waals surface area contributed by atoms with E-state index in [1.807, 2.05) is 0 Å². The Morgan fingerprint density at radius 3 is 2.36 bits per heavy atom. The molecule has 3 nitrogen and oxygen atoms in total. The molecule has 0 saturated heterocycles. The summed E-state index contributed by atoms with van der Waals surface area (Å²) in [6.45, 7) is 8.68. The quantitative estimate of drug-likeness (QED) is 0.870. The van der Waals surface area contributed by atoms with Crippen molar-refractivity contribution < 1.29 is 0 Å². The number of aromatic nitrogens is 2. The second-order valence-corrected chi connectivity index (χ2v) is 6.63. The van der Waals surface area contributed by atoms with Crippen molar-refractivity contribution in [2.45, 2.75) is 52.0 Å². The molecule has 2 atom stereocenters. The minimum Gasteiger partial charge on any atom is -0.324 e. The number of benzene rings is 1. The summed E-state index contributed by atoms with van der Waals surface area (Å²) in [5.41, 5.74) is 12.2. The molecule has 0 aliphatic heterocycles. The van der Waals surface area contributed by atoms with Crippen molar-refractivity contribution in [3.8, 4) is 5.69 Å². The van der Waals surface area contributed by atoms with Crippen LogP contribution in [0.25, 0.3) is 5.69 Å². The summed E-state index contributed by atoms with van der Waals surface area (Å²) in [7, 11) is 0. The van der Waals surface area contributed by atoms with Gasteiger partial charge in [0.05, 0.1) is 11.4 Å². The van der Waals surface area contributed by atoms with Gasteiger partial charge in [-0.3, -0.25) is 0 Å². The van der Waals surface area contributed by atoms with Crippen LogP contribution in [0.3, 0.4) is 0 Å². The van der Waals surface area contributed by atoms with Crippen LogP contribution in [-0.4, -0.2) is 15.8 Å². The van der Waals surface area contributed by atoms with Crippen molar-refractivity contribution in [2.24, 2.45) is 5.73 Å². The number of hydrogen-bond donors (Lipinski definition) is 1. The predicted molar refractivity (Wildman–Crippen MR) is 91.6 cm³/mol. The molecule has 0 unspecified atom stereocenters. The smallest absolute Gasteiger partial charge is 0.0649 e. The van der Waals surface area contributed by atoms with Crippen molar-refractivity contribution >= 4 is 0 Å². The van der Waals surface area contributed by atoms with Crippen LogP contribution in [0.1, 0.15) is 54.6 Å². The lowest BCUT2D eigenvalue weighted by Crippen LogP contribution is -2.14. The Balaban J connectivity index is 1.97. The molecule has 0 amide bonds. The fourth-order valence-electron chi connectivity index (χ4n) is 3.38. The molecule has 2 aromatic rings. The van der Waals surface area contributed by atoms with E-state index in [9.17, 15) is 0 Å². The molecule has 116 valence electrons. The van der Waals surface area contributed by atoms with Gasteiger partial charge in [-0.2, -0.15) is 5.10 Å². The zero-order valence-corrected chi connectivity index (χ0v) is 13.9. The Labute approximate surface area is 132 Å². The number of hydrogen-bond acceptors (Lipinski definition) is 2. The van der Waals surface area contributed by atoms with Crippen LogP contribution in [-0.2, 0) is 0 Å². The molecule has 22 heavy (non-hydrogen) atoms. The maximum Gasteiger partial charge on any atom is 0.0649 e. The van der Waals surface area contributed by atoms with E-state index >= 15 is 0 Å². The summed E-state index contributed by atoms with van der Waals surface area (Å²) in [6, 6.07) is 8.89. The SMILES string of the molecule is Cc1nn(-c2ccc(C(C)C)cc2)c(C)c1[C@H]1C=C[C@@H](N)C1. The summed E-state index contributed by atoms with van der Waals surface area (Å²) in [4.78, 5) is 0. The topological polar surface area (TPSA) is 43.8 Å². The molecule has 1 aromatic heterocycles. The van der Waals surface area contributed by atoms with E-state index in [-0.39, 0.29) is 6.04 Å². The predicted octanol–water partition coefficient (Wildman–Crippen LogP) is 3.98. The minimum absolute atomic E-state index is 0.178. The maximum absolute atomic E-state index is 6.01. The molecule has 1 aliphatic rings. The standard InChI is InChI=1S/C19H25N3/c1-12(2)15-6-9-18(10-7-15)22-14(4)19(13(3)21-22)16-5-8-17(20)11-16/h5-10,12,16-17H,11,20H2,1-4H3/t16-,17+/m0/s1. The number of rotatable bonds is 3. The first kappa shape index (κ1) is 15.0. The third-order valence-electron chi connectivity index (χ3n) is 4.64. The zero-order chi connectivity index (χ0) is 15.9. The Bertz CT molecular complexity index is 692. The van der Waals surface area contributed by atoms with Gasteiger partial charge in [0.1, 0.15) is 0 Å². The highest BCUT2D eigenvalue weighted by Gasteiger charge is 2.24. The highest BCUT2D eigenvalue weighted by molar-refractivity contribution is 5.42. The van der Waals surface area contributed by atoms with Crippen LogP contribution >= 0.6 is 0 Å². The highest BCUT2D eigenvalue weighted by Crippen LogP contribution is 2.33. The molecule has 3 heteroatoms. The van der Waals surface area contributed by atoms with Gasteiger partial charge in [0, 0.05) is 23.2 Å². The van der Waals surface area contributed by atoms with Crippen LogP contribution in [0.5, 0.6) is 0 Å². The fourth-order valence-corrected chi connectivity index (χ4v) is 3.38. The van der Waals surface area contributed by atoms with E-state index in [0.29, 0.717) is 11.8 Å². The van der Waals surface area contributed by atoms with Crippen LogP contribution in [0.15, 0.2) is 36.4 Å². The van der Waals surface area contributed by atoms with Gasteiger partial charge >= 0.3 is 0 Å². The van der Waals surface area contributed by atoms with Gasteiger partial charge in [0.25, 0.3) is 0 Å². The van der Waals surface area contributed by atoms with Gasteiger partial charge in [-0.25, -0.2) is 4.68 Å². The largest absolute Gasteiger partial charge is 0.324 e. The zero-order valence-electron chi connectivity index (χ0n) is 13.9. The average Bonchev–Trinajstić information content (AvgIpc) is 3.02. The molecule has 3 rings (SSSR count). The van der Waals surface area contributed by atoms with E-state index in [1.165, 1.54) is 16.8 Å². The Morgan fingerprint density at radius 2 is 1.82 bits per heavy atom. The first-order valence-electron chi connectivity index (χ1n) is 8.07. The summed E-state index contributed by atoms with van der Waals surface area (Å²) >= 11 is 0. The van der Waals surface area contributed by atoms with E-state index in [1.54, 1.807) is 0 Å². The lowest BCUT2D eigenvalue weighted by Gasteiger charge is -2.11. The molecule has 0 radical (unpaired) electrons. The Hall–Kier alpha value is -1.87. The Kier molecular flexibility index (Phi) is 3.92. The lowest BCUT2D eigenvalue weighted by atomic mass is 9.96. The first-order chi connectivity index (χ1) is 10.5. The van der Waals surface area contributed by atoms with E-state index < -0.39 is 0 Å². The summed E-state index contributed by atoms with van der Waals surface area (Å²) in [6.07, 6.45) is 5.33. The average molecular weight is 295 g/mol. The monoisotopic (exact) mass is 295 g/mol. The van der Waals surface area contributed by atoms with Crippen molar-refractivity contribution in [1.82, 2.24) is 9.78 Å². The first-order valence-corrected chi connectivity index (χ1v) is 8.07. The van der Waals surface area contributed by atoms with Crippen molar-refractivity contribution in [3.05, 3.63) is 58.9 Å². The minimum atomic E-state index is 0.178. The van der Waals surface area contributed by atoms with Gasteiger partial charge < -0.3 is 5.73 Å². The third kappa shape index (κ3) is 2.61. The number of nitrogens with zero attached hydrogens (tertiary/aromatic N) is 2. The van der Waals surface area contributed by atoms with Crippen LogP contribution in [0.4, 0.5) is 0 Å². The molecular weight excluding hydrogens is 270 g/mol. The van der Waals surface area contributed by atoms with Crippen molar-refractivity contribution in [2.75, 3.05) is 0 Å². The van der Waals surface area contributed by atoms with Gasteiger partial charge in [0.2, 0.25) is 0 Å². The summed E-state index contributed by atoms with van der Waals surface area (Å²) in [5, 5.41) is 4.77. The Morgan fingerprint density at radius 1 is 1.14 bits per heavy atom. The second kappa shape index (κ2) is 5.73. The van der Waals surface area contributed by atoms with Crippen LogP contribution in [0, 0.1) is 13.8 Å². The molecular formula is C19H25N3. The molecule has 1 aliphatic carbocycles. The van der Waals surface area contributed by atoms with Gasteiger partial charge in [-0.1, -0.05) is 38.1 Å². The van der Waals surface area contributed by atoms with Crippen LogP contribution < -0.4 is 5.73 Å². The summed E-state index contributed by atoms with van der Waals surface area (Å²) in [5.74, 6) is 0.953. The summed E-state index contributed by atoms with van der Waals surface area (Å²) < 4.78 is 2.06. The molecule has 0 bridgehead atoms. The van der Waals surface area contributed by atoms with E-state index in [2.05, 4.69) is 68.8 Å². The number of nitrogens with two attached hydrogens (primary N) is 1. The normalized spacial score (nSPS) is 21.0. The highest BCUT2D eigenvalue weighted by atomic mass is 15.3. The molecule has 0 fully saturated rings. The number of allylic oxidation sites excluding steroid dienone is 1. The van der Waals surface area contributed by atoms with Crippen molar-refractivity contribution in [3.63, 3.8) is 0 Å². The van der Waals surface area contributed by atoms with Gasteiger partial charge in [-0.05, 0) is 43.9 Å². The molecule has 2 N–H and O–H groups in total. The van der Waals surface area contributed by atoms with E-state index in [4.69, 9.17) is 10.8 Å². The fraction of sp³-hybridized carbons (Fsp3) is 0.421.